The van der Waals surface area contributed by atoms with E-state index in [1.54, 1.807) is 0 Å². The molecule has 1 aliphatic carbocycles. The molecule has 2 aliphatic rings. The number of piperazine rings is 1. The van der Waals surface area contributed by atoms with E-state index in [4.69, 9.17) is 0 Å². The molecule has 138 valence electrons. The second kappa shape index (κ2) is 9.67. The van der Waals surface area contributed by atoms with Crippen molar-refractivity contribution in [2.75, 3.05) is 33.2 Å². The van der Waals surface area contributed by atoms with Gasteiger partial charge in [-0.1, -0.05) is 26.7 Å². The zero-order valence-corrected chi connectivity index (χ0v) is 15.9. The summed E-state index contributed by atoms with van der Waals surface area (Å²) in [6.45, 7) is 8.59. The molecule has 0 N–H and O–H groups in total. The lowest BCUT2D eigenvalue weighted by atomic mass is 9.85. The highest BCUT2D eigenvalue weighted by Gasteiger charge is 2.43. The summed E-state index contributed by atoms with van der Waals surface area (Å²) in [6.07, 6.45) is 7.17. The molecule has 4 nitrogen and oxygen atoms in total. The molecule has 0 aromatic rings. The Hall–Kier alpha value is -0.740. The summed E-state index contributed by atoms with van der Waals surface area (Å²) >= 11 is 0. The molecule has 0 spiro atoms. The predicted molar refractivity (Wildman–Crippen MR) is 98.1 cm³/mol. The van der Waals surface area contributed by atoms with Gasteiger partial charge in [-0.3, -0.25) is 14.5 Å². The number of hydrogen-bond acceptors (Lipinski definition) is 4. The highest BCUT2D eigenvalue weighted by Crippen LogP contribution is 2.38. The van der Waals surface area contributed by atoms with Gasteiger partial charge < -0.3 is 4.90 Å². The lowest BCUT2D eigenvalue weighted by Crippen LogP contribution is -2.48. The standard InChI is InChI=1S/C20H36N2O2/c1-4-6-8-19(23)17-14-16(22-12-10-21(3)11-13-22)15-18(17)20(24)9-7-5-2/h16-18H,4-15H2,1-3H3/t16?,17-,18+. The molecular formula is C20H36N2O2. The van der Waals surface area contributed by atoms with Gasteiger partial charge in [0.25, 0.3) is 0 Å². The van der Waals surface area contributed by atoms with Crippen molar-refractivity contribution in [3.8, 4) is 0 Å². The molecule has 1 heterocycles. The van der Waals surface area contributed by atoms with Crippen LogP contribution in [-0.4, -0.2) is 60.6 Å². The maximum absolute atomic E-state index is 12.7. The van der Waals surface area contributed by atoms with Crippen molar-refractivity contribution in [2.24, 2.45) is 11.8 Å². The first-order valence-corrected chi connectivity index (χ1v) is 10.0. The van der Waals surface area contributed by atoms with Gasteiger partial charge in [0.05, 0.1) is 0 Å². The third kappa shape index (κ3) is 5.13. The summed E-state index contributed by atoms with van der Waals surface area (Å²) in [5.74, 6) is 0.683. The summed E-state index contributed by atoms with van der Waals surface area (Å²) < 4.78 is 0. The van der Waals surface area contributed by atoms with Gasteiger partial charge in [-0.15, -0.1) is 0 Å². The molecule has 3 atom stereocenters. The fraction of sp³-hybridized carbons (Fsp3) is 0.900. The molecule has 24 heavy (non-hydrogen) atoms. The van der Waals surface area contributed by atoms with Crippen molar-refractivity contribution >= 4 is 11.6 Å². The smallest absolute Gasteiger partial charge is 0.136 e. The SMILES string of the molecule is CCCCC(=O)[C@H]1CC(N2CCN(C)CC2)C[C@H]1C(=O)CCCC. The fourth-order valence-corrected chi connectivity index (χ4v) is 4.28. The molecule has 1 aliphatic heterocycles. The largest absolute Gasteiger partial charge is 0.304 e. The Morgan fingerprint density at radius 2 is 1.29 bits per heavy atom. The van der Waals surface area contributed by atoms with Gasteiger partial charge in [0.2, 0.25) is 0 Å². The number of ketones is 2. The molecular weight excluding hydrogens is 300 g/mol. The van der Waals surface area contributed by atoms with E-state index in [0.717, 1.165) is 64.7 Å². The van der Waals surface area contributed by atoms with Crippen LogP contribution in [0, 0.1) is 11.8 Å². The van der Waals surface area contributed by atoms with Gasteiger partial charge in [0.15, 0.2) is 0 Å². The van der Waals surface area contributed by atoms with Gasteiger partial charge in [-0.25, -0.2) is 0 Å². The Kier molecular flexibility index (Phi) is 7.89. The Bertz CT molecular complexity index is 388. The van der Waals surface area contributed by atoms with Crippen LogP contribution in [0.5, 0.6) is 0 Å². The number of Topliss-reactive ketones (excluding diaryl/α,β-unsaturated/α-hetero) is 2. The predicted octanol–water partition coefficient (Wildman–Crippen LogP) is 3.15. The summed E-state index contributed by atoms with van der Waals surface area (Å²) in [7, 11) is 2.17. The maximum Gasteiger partial charge on any atom is 0.136 e. The summed E-state index contributed by atoms with van der Waals surface area (Å²) in [5.41, 5.74) is 0. The zero-order chi connectivity index (χ0) is 17.5. The molecule has 0 bridgehead atoms. The average Bonchev–Trinajstić information content (AvgIpc) is 3.03. The van der Waals surface area contributed by atoms with Crippen molar-refractivity contribution < 1.29 is 9.59 Å². The first-order chi connectivity index (χ1) is 11.6. The van der Waals surface area contributed by atoms with Gasteiger partial charge in [-0.05, 0) is 32.7 Å². The molecule has 1 saturated heterocycles. The van der Waals surface area contributed by atoms with Crippen molar-refractivity contribution in [2.45, 2.75) is 71.3 Å². The molecule has 1 unspecified atom stereocenters. The van der Waals surface area contributed by atoms with E-state index in [-0.39, 0.29) is 11.8 Å². The molecule has 0 radical (unpaired) electrons. The zero-order valence-electron chi connectivity index (χ0n) is 15.9. The van der Waals surface area contributed by atoms with Gasteiger partial charge in [0, 0.05) is 56.9 Å². The Morgan fingerprint density at radius 3 is 1.71 bits per heavy atom. The first-order valence-electron chi connectivity index (χ1n) is 10.0. The van der Waals surface area contributed by atoms with Gasteiger partial charge >= 0.3 is 0 Å². The molecule has 0 amide bonds. The summed E-state index contributed by atoms with van der Waals surface area (Å²) in [4.78, 5) is 30.3. The number of rotatable bonds is 9. The van der Waals surface area contributed by atoms with Crippen LogP contribution in [0.2, 0.25) is 0 Å². The molecule has 0 aromatic carbocycles. The Labute approximate surface area is 148 Å². The lowest BCUT2D eigenvalue weighted by Gasteiger charge is -2.36. The van der Waals surface area contributed by atoms with E-state index < -0.39 is 0 Å². The van der Waals surface area contributed by atoms with Crippen LogP contribution in [0.3, 0.4) is 0 Å². The fourth-order valence-electron chi connectivity index (χ4n) is 4.28. The van der Waals surface area contributed by atoms with E-state index in [1.165, 1.54) is 0 Å². The van der Waals surface area contributed by atoms with E-state index >= 15 is 0 Å². The first kappa shape index (κ1) is 19.6. The highest BCUT2D eigenvalue weighted by atomic mass is 16.1. The van der Waals surface area contributed by atoms with Crippen molar-refractivity contribution in [3.63, 3.8) is 0 Å². The Morgan fingerprint density at radius 1 is 0.833 bits per heavy atom. The normalized spacial score (nSPS) is 29.0. The minimum Gasteiger partial charge on any atom is -0.304 e. The molecule has 2 rings (SSSR count). The minimum absolute atomic E-state index is 0.00874. The van der Waals surface area contributed by atoms with E-state index in [9.17, 15) is 9.59 Å². The molecule has 1 saturated carbocycles. The number of nitrogens with zero attached hydrogens (tertiary/aromatic N) is 2. The van der Waals surface area contributed by atoms with Crippen LogP contribution >= 0.6 is 0 Å². The number of likely N-dealkylation sites (N-methyl/N-ethyl adjacent to an activating group) is 1. The average molecular weight is 337 g/mol. The maximum atomic E-state index is 12.7. The lowest BCUT2D eigenvalue weighted by molar-refractivity contribution is -0.131. The topological polar surface area (TPSA) is 40.6 Å². The van der Waals surface area contributed by atoms with Gasteiger partial charge in [0.1, 0.15) is 11.6 Å². The van der Waals surface area contributed by atoms with E-state index in [0.29, 0.717) is 30.4 Å². The minimum atomic E-state index is -0.00874. The third-order valence-electron chi connectivity index (χ3n) is 5.97. The molecule has 0 aromatic heterocycles. The summed E-state index contributed by atoms with van der Waals surface area (Å²) in [5, 5.41) is 0. The summed E-state index contributed by atoms with van der Waals surface area (Å²) in [6, 6.07) is 0.435. The number of unbranched alkanes of at least 4 members (excludes halogenated alkanes) is 2. The van der Waals surface area contributed by atoms with E-state index in [2.05, 4.69) is 30.7 Å². The Balaban J connectivity index is 2.01. The van der Waals surface area contributed by atoms with Gasteiger partial charge in [-0.2, -0.15) is 0 Å². The second-order valence-corrected chi connectivity index (χ2v) is 7.82. The quantitative estimate of drug-likeness (QED) is 0.648. The molecule has 2 fully saturated rings. The third-order valence-corrected chi connectivity index (χ3v) is 5.97. The number of hydrogen-bond donors (Lipinski definition) is 0. The van der Waals surface area contributed by atoms with Crippen molar-refractivity contribution in [1.29, 1.82) is 0 Å². The van der Waals surface area contributed by atoms with Crippen LogP contribution in [-0.2, 0) is 9.59 Å². The number of carbonyl (C=O) groups excluding carboxylic acids is 2. The van der Waals surface area contributed by atoms with Crippen LogP contribution in [0.15, 0.2) is 0 Å². The second-order valence-electron chi connectivity index (χ2n) is 7.82. The highest BCUT2D eigenvalue weighted by molar-refractivity contribution is 5.90. The number of carbonyl (C=O) groups is 2. The molecule has 4 heteroatoms. The van der Waals surface area contributed by atoms with E-state index in [1.807, 2.05) is 0 Å². The van der Waals surface area contributed by atoms with Crippen LogP contribution in [0.4, 0.5) is 0 Å². The van der Waals surface area contributed by atoms with Crippen LogP contribution < -0.4 is 0 Å². The van der Waals surface area contributed by atoms with Crippen LogP contribution in [0.1, 0.15) is 65.2 Å². The van der Waals surface area contributed by atoms with Crippen molar-refractivity contribution in [1.82, 2.24) is 9.80 Å². The van der Waals surface area contributed by atoms with Crippen LogP contribution in [0.25, 0.3) is 0 Å². The van der Waals surface area contributed by atoms with Crippen molar-refractivity contribution in [3.05, 3.63) is 0 Å². The monoisotopic (exact) mass is 336 g/mol.